The third kappa shape index (κ3) is 11.4. The van der Waals surface area contributed by atoms with E-state index in [4.69, 9.17) is 40.4 Å². The van der Waals surface area contributed by atoms with E-state index in [-0.39, 0.29) is 5.54 Å². The Morgan fingerprint density at radius 1 is 1.18 bits per heavy atom. The van der Waals surface area contributed by atoms with E-state index in [1.165, 1.54) is 11.3 Å². The zero-order valence-corrected chi connectivity index (χ0v) is 19.6. The monoisotopic (exact) mass is 495 g/mol. The van der Waals surface area contributed by atoms with Crippen LogP contribution in [0.25, 0.3) is 10.9 Å². The van der Waals surface area contributed by atoms with Crippen LogP contribution in [0.3, 0.4) is 0 Å². The number of fused-ring (bicyclic) bond motifs is 1. The van der Waals surface area contributed by atoms with Gasteiger partial charge >= 0.3 is 0 Å². The first-order chi connectivity index (χ1) is 15.9. The SMILES string of the molecule is CCOc1cc(NC(=NC(C)(C)C)Nc2nccs2)c2ccccc2n1.O=[N+]([O-])O.O=[N+]([O-])O. The van der Waals surface area contributed by atoms with E-state index in [1.54, 1.807) is 6.20 Å². The number of anilines is 2. The van der Waals surface area contributed by atoms with Crippen LogP contribution in [-0.4, -0.2) is 48.7 Å². The third-order valence-corrected chi connectivity index (χ3v) is 4.03. The summed E-state index contributed by atoms with van der Waals surface area (Å²) in [5, 5.41) is 37.6. The number of rotatable bonds is 4. The van der Waals surface area contributed by atoms with Crippen LogP contribution < -0.4 is 15.4 Å². The Bertz CT molecular complexity index is 1080. The molecule has 14 nitrogen and oxygen atoms in total. The fraction of sp³-hybridized carbons (Fsp3) is 0.316. The molecule has 1 aromatic carbocycles. The normalized spacial score (nSPS) is 10.8. The number of aromatic nitrogens is 2. The van der Waals surface area contributed by atoms with Crippen molar-refractivity contribution in [2.24, 2.45) is 4.99 Å². The predicted octanol–water partition coefficient (Wildman–Crippen LogP) is 4.07. The second kappa shape index (κ2) is 13.3. The van der Waals surface area contributed by atoms with Gasteiger partial charge in [-0.1, -0.05) is 18.2 Å². The molecule has 2 aromatic heterocycles. The van der Waals surface area contributed by atoms with Gasteiger partial charge in [0.25, 0.3) is 10.2 Å². The maximum Gasteiger partial charge on any atom is 0.291 e. The first-order valence-electron chi connectivity index (χ1n) is 9.63. The highest BCUT2D eigenvalue weighted by molar-refractivity contribution is 7.13. The Labute approximate surface area is 198 Å². The fourth-order valence-corrected chi connectivity index (χ4v) is 2.94. The quantitative estimate of drug-likeness (QED) is 0.176. The molecular formula is C19H25N7O7S. The summed E-state index contributed by atoms with van der Waals surface area (Å²) in [6.07, 6.45) is 1.76. The van der Waals surface area contributed by atoms with Gasteiger partial charge in [-0.25, -0.2) is 15.0 Å². The number of benzene rings is 1. The minimum atomic E-state index is -1.50. The number of hydrogen-bond acceptors (Lipinski definition) is 9. The van der Waals surface area contributed by atoms with Gasteiger partial charge in [-0.05, 0) is 33.8 Å². The first-order valence-corrected chi connectivity index (χ1v) is 10.5. The number of nitrogens with one attached hydrogen (secondary N) is 2. The van der Waals surface area contributed by atoms with E-state index in [9.17, 15) is 0 Å². The van der Waals surface area contributed by atoms with Crippen molar-refractivity contribution >= 4 is 39.0 Å². The molecule has 4 N–H and O–H groups in total. The van der Waals surface area contributed by atoms with Gasteiger partial charge in [0, 0.05) is 23.0 Å². The summed E-state index contributed by atoms with van der Waals surface area (Å²) in [5.74, 6) is 1.21. The zero-order valence-electron chi connectivity index (χ0n) is 18.8. The van der Waals surface area contributed by atoms with E-state index in [2.05, 4.69) is 41.4 Å². The highest BCUT2D eigenvalue weighted by atomic mass is 32.1. The molecule has 0 radical (unpaired) electrons. The van der Waals surface area contributed by atoms with E-state index in [1.807, 2.05) is 42.6 Å². The summed E-state index contributed by atoms with van der Waals surface area (Å²) in [5.41, 5.74) is 1.49. The van der Waals surface area contributed by atoms with E-state index >= 15 is 0 Å². The molecule has 0 saturated heterocycles. The molecule has 0 unspecified atom stereocenters. The average molecular weight is 496 g/mol. The lowest BCUT2D eigenvalue weighted by molar-refractivity contribution is -0.742. The van der Waals surface area contributed by atoms with Gasteiger partial charge in [-0.2, -0.15) is 0 Å². The molecule has 0 fully saturated rings. The molecule has 0 saturated carbocycles. The van der Waals surface area contributed by atoms with Crippen LogP contribution >= 0.6 is 11.3 Å². The van der Waals surface area contributed by atoms with Crippen molar-refractivity contribution in [3.8, 4) is 5.88 Å². The molecule has 15 heteroatoms. The molecule has 34 heavy (non-hydrogen) atoms. The number of ether oxygens (including phenoxy) is 1. The van der Waals surface area contributed by atoms with Gasteiger partial charge in [0.05, 0.1) is 23.3 Å². The molecule has 0 bridgehead atoms. The topological polar surface area (TPSA) is 198 Å². The van der Waals surface area contributed by atoms with Crippen LogP contribution in [0.1, 0.15) is 27.7 Å². The van der Waals surface area contributed by atoms with Crippen LogP contribution in [0, 0.1) is 20.2 Å². The van der Waals surface area contributed by atoms with Gasteiger partial charge in [-0.3, -0.25) is 0 Å². The van der Waals surface area contributed by atoms with Crippen LogP contribution in [-0.2, 0) is 0 Å². The Hall–Kier alpha value is -4.27. The van der Waals surface area contributed by atoms with Gasteiger partial charge in [0.2, 0.25) is 11.8 Å². The third-order valence-electron chi connectivity index (χ3n) is 3.34. The first kappa shape index (κ1) is 27.8. The number of pyridine rings is 1. The van der Waals surface area contributed by atoms with E-state index < -0.39 is 10.2 Å². The Morgan fingerprint density at radius 3 is 2.32 bits per heavy atom. The summed E-state index contributed by atoms with van der Waals surface area (Å²) in [7, 11) is 0. The molecule has 0 aliphatic carbocycles. The van der Waals surface area contributed by atoms with Crippen molar-refractivity contribution in [3.05, 3.63) is 62.1 Å². The number of nitrogens with zero attached hydrogens (tertiary/aromatic N) is 5. The molecule has 0 atom stereocenters. The number of guanidine groups is 1. The van der Waals surface area contributed by atoms with Crippen molar-refractivity contribution in [1.82, 2.24) is 9.97 Å². The maximum absolute atomic E-state index is 8.36. The van der Waals surface area contributed by atoms with Gasteiger partial charge in [0.15, 0.2) is 5.13 Å². The predicted molar refractivity (Wildman–Crippen MR) is 127 cm³/mol. The van der Waals surface area contributed by atoms with Crippen molar-refractivity contribution in [1.29, 1.82) is 0 Å². The lowest BCUT2D eigenvalue weighted by Crippen LogP contribution is -2.27. The molecule has 3 aromatic rings. The smallest absolute Gasteiger partial charge is 0.291 e. The summed E-state index contributed by atoms with van der Waals surface area (Å²) in [6, 6.07) is 9.85. The van der Waals surface area contributed by atoms with Gasteiger partial charge in [-0.15, -0.1) is 31.6 Å². The van der Waals surface area contributed by atoms with Crippen LogP contribution in [0.4, 0.5) is 10.8 Å². The molecule has 184 valence electrons. The Kier molecular flexibility index (Phi) is 10.9. The summed E-state index contributed by atoms with van der Waals surface area (Å²) < 4.78 is 5.62. The van der Waals surface area contributed by atoms with Gasteiger partial charge < -0.3 is 25.8 Å². The largest absolute Gasteiger partial charge is 0.478 e. The number of thiazole rings is 1. The lowest BCUT2D eigenvalue weighted by Gasteiger charge is -2.19. The molecule has 0 aliphatic rings. The van der Waals surface area contributed by atoms with Crippen molar-refractivity contribution < 1.29 is 25.3 Å². The Balaban J connectivity index is 0.000000629. The maximum atomic E-state index is 8.36. The number of aliphatic imine (C=N–C) groups is 1. The fourth-order valence-electron chi connectivity index (χ4n) is 2.41. The van der Waals surface area contributed by atoms with E-state index in [0.29, 0.717) is 18.4 Å². The molecule has 0 spiro atoms. The number of para-hydroxylation sites is 1. The van der Waals surface area contributed by atoms with Crippen molar-refractivity contribution in [2.75, 3.05) is 17.2 Å². The zero-order chi connectivity index (χ0) is 25.7. The Morgan fingerprint density at radius 2 is 1.79 bits per heavy atom. The summed E-state index contributed by atoms with van der Waals surface area (Å²) in [4.78, 5) is 30.3. The second-order valence-electron chi connectivity index (χ2n) is 7.15. The molecular weight excluding hydrogens is 470 g/mol. The molecule has 0 amide bonds. The minimum Gasteiger partial charge on any atom is -0.478 e. The standard InChI is InChI=1S/C19H23N5OS.2HNO3/c1-5-25-16-12-15(13-8-6-7-9-14(13)21-16)22-17(24-19(2,3)4)23-18-20-10-11-26-18;2*2-1(3)4/h6-12H,5H2,1-4H3,(H2,20,21,22,23,24);2*(H,2,3,4). The lowest BCUT2D eigenvalue weighted by atomic mass is 10.1. The van der Waals surface area contributed by atoms with Crippen LogP contribution in [0.2, 0.25) is 0 Å². The molecule has 0 aliphatic heterocycles. The van der Waals surface area contributed by atoms with Crippen LogP contribution in [0.5, 0.6) is 5.88 Å². The van der Waals surface area contributed by atoms with Gasteiger partial charge in [0.1, 0.15) is 0 Å². The summed E-state index contributed by atoms with van der Waals surface area (Å²) >= 11 is 1.52. The van der Waals surface area contributed by atoms with Crippen LogP contribution in [0.15, 0.2) is 46.9 Å². The molecule has 2 heterocycles. The highest BCUT2D eigenvalue weighted by Gasteiger charge is 2.14. The van der Waals surface area contributed by atoms with Crippen molar-refractivity contribution in [2.45, 2.75) is 33.2 Å². The second-order valence-corrected chi connectivity index (χ2v) is 8.05. The highest BCUT2D eigenvalue weighted by Crippen LogP contribution is 2.27. The average Bonchev–Trinajstić information content (AvgIpc) is 3.19. The van der Waals surface area contributed by atoms with Crippen molar-refractivity contribution in [3.63, 3.8) is 0 Å². The van der Waals surface area contributed by atoms with E-state index in [0.717, 1.165) is 21.7 Å². The molecule has 3 rings (SSSR count). The summed E-state index contributed by atoms with van der Waals surface area (Å²) in [6.45, 7) is 8.66. The minimum absolute atomic E-state index is 0.252. The number of hydrogen-bond donors (Lipinski definition) is 4.